The molecular formula is C25H34N2. The Bertz CT molecular complexity index is 924. The Morgan fingerprint density at radius 1 is 0.778 bits per heavy atom. The van der Waals surface area contributed by atoms with Crippen LogP contribution < -0.4 is 9.80 Å². The molecule has 2 atom stereocenters. The molecule has 1 aliphatic heterocycles. The van der Waals surface area contributed by atoms with E-state index >= 15 is 0 Å². The smallest absolute Gasteiger partial charge is 0.0673 e. The van der Waals surface area contributed by atoms with Gasteiger partial charge in [0.1, 0.15) is 0 Å². The van der Waals surface area contributed by atoms with Crippen LogP contribution in [0.2, 0.25) is 0 Å². The number of hydrogen-bond acceptors (Lipinski definition) is 2. The summed E-state index contributed by atoms with van der Waals surface area (Å²) in [4.78, 5) is 5.15. The minimum atomic E-state index is -0.0334. The first kappa shape index (κ1) is 18.4. The molecule has 2 aromatic carbocycles. The topological polar surface area (TPSA) is 6.48 Å². The monoisotopic (exact) mass is 362 g/mol. The fraction of sp³-hybridized carbons (Fsp3) is 0.520. The van der Waals surface area contributed by atoms with Crippen molar-refractivity contribution in [2.24, 2.45) is 0 Å². The molecular weight excluding hydrogens is 328 g/mol. The Balaban J connectivity index is 2.07. The number of aryl methyl sites for hydroxylation is 2. The zero-order chi connectivity index (χ0) is 19.9. The number of nitrogens with zero attached hydrogens (tertiary/aromatic N) is 2. The maximum absolute atomic E-state index is 2.58. The third kappa shape index (κ3) is 2.02. The SMILES string of the molecule is Cc1cc2c(cc1C)N(C)[C@]1(C)[C@H](N2C)C(C)(C)c2ccccc2C1(C)C. The van der Waals surface area contributed by atoms with Gasteiger partial charge in [0.05, 0.1) is 23.0 Å². The molecule has 0 spiro atoms. The van der Waals surface area contributed by atoms with Crippen LogP contribution in [0.25, 0.3) is 0 Å². The summed E-state index contributed by atoms with van der Waals surface area (Å²) in [5.41, 5.74) is 8.44. The summed E-state index contributed by atoms with van der Waals surface area (Å²) in [5, 5.41) is 0. The van der Waals surface area contributed by atoms with Crippen LogP contribution in [-0.2, 0) is 10.8 Å². The predicted octanol–water partition coefficient (Wildman–Crippen LogP) is 5.59. The van der Waals surface area contributed by atoms with Crippen molar-refractivity contribution < 1.29 is 0 Å². The van der Waals surface area contributed by atoms with Crippen molar-refractivity contribution in [3.8, 4) is 0 Å². The van der Waals surface area contributed by atoms with Gasteiger partial charge in [0.25, 0.3) is 0 Å². The first-order chi connectivity index (χ1) is 12.5. The van der Waals surface area contributed by atoms with Gasteiger partial charge in [-0.25, -0.2) is 0 Å². The van der Waals surface area contributed by atoms with E-state index in [9.17, 15) is 0 Å². The number of hydrogen-bond donors (Lipinski definition) is 0. The second kappa shape index (κ2) is 5.31. The molecule has 1 aliphatic carbocycles. The molecule has 0 unspecified atom stereocenters. The largest absolute Gasteiger partial charge is 0.367 e. The molecule has 0 bridgehead atoms. The van der Waals surface area contributed by atoms with Gasteiger partial charge in [-0.3, -0.25) is 0 Å². The lowest BCUT2D eigenvalue weighted by Crippen LogP contribution is -2.77. The summed E-state index contributed by atoms with van der Waals surface area (Å²) in [6.07, 6.45) is 0. The first-order valence-corrected chi connectivity index (χ1v) is 10.1. The number of rotatable bonds is 0. The van der Waals surface area contributed by atoms with Gasteiger partial charge in [0.2, 0.25) is 0 Å². The third-order valence-corrected chi connectivity index (χ3v) is 8.19. The molecule has 2 aliphatic rings. The fourth-order valence-electron chi connectivity index (χ4n) is 6.24. The molecule has 2 aromatic rings. The second-order valence-corrected chi connectivity index (χ2v) is 10.0. The van der Waals surface area contributed by atoms with Gasteiger partial charge < -0.3 is 9.80 Å². The van der Waals surface area contributed by atoms with Crippen LogP contribution in [-0.4, -0.2) is 25.7 Å². The van der Waals surface area contributed by atoms with Gasteiger partial charge in [-0.2, -0.15) is 0 Å². The standard InChI is InChI=1S/C25H34N2/c1-16-14-20-21(15-17(16)2)27(9)25(7)22(26(20)8)23(3,4)18-12-10-11-13-19(18)24(25,5)6/h10-15,22H,1-9H3/t22-,25-/m1/s1. The number of likely N-dealkylation sites (N-methyl/N-ethyl adjacent to an activating group) is 2. The van der Waals surface area contributed by atoms with E-state index in [1.54, 1.807) is 0 Å². The van der Waals surface area contributed by atoms with Gasteiger partial charge in [-0.15, -0.1) is 0 Å². The van der Waals surface area contributed by atoms with Gasteiger partial charge in [0, 0.05) is 24.9 Å². The summed E-state index contributed by atoms with van der Waals surface area (Å²) in [5.74, 6) is 0. The molecule has 0 amide bonds. The van der Waals surface area contributed by atoms with Crippen molar-refractivity contribution in [1.82, 2.24) is 0 Å². The highest BCUT2D eigenvalue weighted by atomic mass is 15.3. The van der Waals surface area contributed by atoms with Crippen molar-refractivity contribution in [3.63, 3.8) is 0 Å². The number of benzene rings is 2. The molecule has 0 saturated carbocycles. The van der Waals surface area contributed by atoms with Crippen LogP contribution in [0.4, 0.5) is 11.4 Å². The quantitative estimate of drug-likeness (QED) is 0.603. The average molecular weight is 363 g/mol. The van der Waals surface area contributed by atoms with Crippen LogP contribution in [0.5, 0.6) is 0 Å². The number of fused-ring (bicyclic) bond motifs is 3. The highest BCUT2D eigenvalue weighted by molar-refractivity contribution is 5.79. The molecule has 0 fully saturated rings. The zero-order valence-electron chi connectivity index (χ0n) is 18.4. The van der Waals surface area contributed by atoms with Crippen molar-refractivity contribution in [3.05, 3.63) is 58.7 Å². The molecule has 2 nitrogen and oxygen atoms in total. The normalized spacial score (nSPS) is 27.7. The molecule has 0 radical (unpaired) electrons. The summed E-state index contributed by atoms with van der Waals surface area (Å²) >= 11 is 0. The van der Waals surface area contributed by atoms with Crippen molar-refractivity contribution >= 4 is 11.4 Å². The summed E-state index contributed by atoms with van der Waals surface area (Å²) in [6, 6.07) is 14.2. The van der Waals surface area contributed by atoms with E-state index in [4.69, 9.17) is 0 Å². The zero-order valence-corrected chi connectivity index (χ0v) is 18.4. The molecule has 1 heterocycles. The Morgan fingerprint density at radius 2 is 1.30 bits per heavy atom. The minimum Gasteiger partial charge on any atom is -0.367 e. The highest BCUT2D eigenvalue weighted by Gasteiger charge is 2.63. The van der Waals surface area contributed by atoms with Gasteiger partial charge in [0.15, 0.2) is 0 Å². The lowest BCUT2D eigenvalue weighted by molar-refractivity contribution is 0.135. The summed E-state index contributed by atoms with van der Waals surface area (Å²) < 4.78 is 0. The molecule has 144 valence electrons. The minimum absolute atomic E-state index is 0.0171. The summed E-state index contributed by atoms with van der Waals surface area (Å²) in [6.45, 7) is 16.7. The van der Waals surface area contributed by atoms with Crippen LogP contribution in [0, 0.1) is 13.8 Å². The Kier molecular flexibility index (Phi) is 3.62. The van der Waals surface area contributed by atoms with Crippen molar-refractivity contribution in [2.75, 3.05) is 23.9 Å². The molecule has 27 heavy (non-hydrogen) atoms. The third-order valence-electron chi connectivity index (χ3n) is 8.19. The average Bonchev–Trinajstić information content (AvgIpc) is 2.60. The van der Waals surface area contributed by atoms with E-state index in [0.29, 0.717) is 6.04 Å². The lowest BCUT2D eigenvalue weighted by atomic mass is 9.50. The van der Waals surface area contributed by atoms with Gasteiger partial charge in [-0.05, 0) is 55.2 Å². The fourth-order valence-corrected chi connectivity index (χ4v) is 6.24. The maximum Gasteiger partial charge on any atom is 0.0673 e. The Morgan fingerprint density at radius 3 is 1.89 bits per heavy atom. The molecule has 0 aromatic heterocycles. The van der Waals surface area contributed by atoms with Crippen LogP contribution in [0.1, 0.15) is 56.9 Å². The van der Waals surface area contributed by atoms with E-state index in [2.05, 4.69) is 109 Å². The molecule has 2 heteroatoms. The number of anilines is 2. The predicted molar refractivity (Wildman–Crippen MR) is 117 cm³/mol. The lowest BCUT2D eigenvalue weighted by Gasteiger charge is -2.68. The highest BCUT2D eigenvalue weighted by Crippen LogP contribution is 2.59. The molecule has 0 saturated heterocycles. The summed E-state index contributed by atoms with van der Waals surface area (Å²) in [7, 11) is 4.61. The molecule has 0 N–H and O–H groups in total. The Labute approximate surface area is 165 Å². The van der Waals surface area contributed by atoms with Gasteiger partial charge >= 0.3 is 0 Å². The van der Waals surface area contributed by atoms with E-state index in [0.717, 1.165) is 0 Å². The molecule has 4 rings (SSSR count). The second-order valence-electron chi connectivity index (χ2n) is 10.0. The van der Waals surface area contributed by atoms with Gasteiger partial charge in [-0.1, -0.05) is 52.0 Å². The van der Waals surface area contributed by atoms with E-state index in [-0.39, 0.29) is 16.4 Å². The van der Waals surface area contributed by atoms with E-state index in [1.807, 2.05) is 0 Å². The van der Waals surface area contributed by atoms with E-state index < -0.39 is 0 Å². The van der Waals surface area contributed by atoms with Crippen LogP contribution >= 0.6 is 0 Å². The van der Waals surface area contributed by atoms with Crippen LogP contribution in [0.3, 0.4) is 0 Å². The van der Waals surface area contributed by atoms with E-state index in [1.165, 1.54) is 33.6 Å². The van der Waals surface area contributed by atoms with Crippen molar-refractivity contribution in [1.29, 1.82) is 0 Å². The first-order valence-electron chi connectivity index (χ1n) is 10.1. The van der Waals surface area contributed by atoms with Crippen LogP contribution in [0.15, 0.2) is 36.4 Å². The Hall–Kier alpha value is -1.96. The van der Waals surface area contributed by atoms with Crippen molar-refractivity contribution in [2.45, 2.75) is 70.9 Å². The maximum atomic E-state index is 2.58.